The second-order valence-electron chi connectivity index (χ2n) is 6.41. The summed E-state index contributed by atoms with van der Waals surface area (Å²) in [6.07, 6.45) is 6.67. The zero-order valence-corrected chi connectivity index (χ0v) is 16.7. The van der Waals surface area contributed by atoms with Crippen LogP contribution in [-0.4, -0.2) is 33.5 Å². The molecule has 0 aliphatic heterocycles. The van der Waals surface area contributed by atoms with Gasteiger partial charge < -0.3 is 9.30 Å². The molecule has 0 saturated carbocycles. The average molecular weight is 395 g/mol. The molecule has 0 spiro atoms. The van der Waals surface area contributed by atoms with E-state index in [1.807, 2.05) is 71.7 Å². The van der Waals surface area contributed by atoms with E-state index in [2.05, 4.69) is 4.57 Å². The highest BCUT2D eigenvalue weighted by atomic mass is 32.1. The molecule has 4 heterocycles. The molecular weight excluding hydrogens is 372 g/mol. The highest BCUT2D eigenvalue weighted by Gasteiger charge is 2.23. The number of aromatic nitrogens is 3. The number of anilines is 1. The molecule has 4 rings (SSSR count). The number of rotatable bonds is 7. The van der Waals surface area contributed by atoms with E-state index in [0.29, 0.717) is 17.2 Å². The van der Waals surface area contributed by atoms with Crippen molar-refractivity contribution in [3.63, 3.8) is 0 Å². The van der Waals surface area contributed by atoms with Crippen molar-refractivity contribution in [1.82, 2.24) is 14.0 Å². The SMILES string of the molecule is CCc1nc2c(OCCn3cccc3)cccn2c1N(C)C(=O)c1cccs1. The van der Waals surface area contributed by atoms with Crippen molar-refractivity contribution in [3.05, 3.63) is 70.9 Å². The maximum Gasteiger partial charge on any atom is 0.269 e. The van der Waals surface area contributed by atoms with Crippen molar-refractivity contribution in [2.45, 2.75) is 19.9 Å². The van der Waals surface area contributed by atoms with Gasteiger partial charge in [-0.1, -0.05) is 13.0 Å². The zero-order chi connectivity index (χ0) is 19.5. The zero-order valence-electron chi connectivity index (χ0n) is 15.9. The lowest BCUT2D eigenvalue weighted by molar-refractivity contribution is 0.0995. The number of amides is 1. The predicted octanol–water partition coefficient (Wildman–Crippen LogP) is 4.12. The summed E-state index contributed by atoms with van der Waals surface area (Å²) in [5, 5.41) is 1.91. The molecule has 0 radical (unpaired) electrons. The Hall–Kier alpha value is -3.06. The number of hydrogen-bond acceptors (Lipinski definition) is 4. The third-order valence-electron chi connectivity index (χ3n) is 4.62. The first-order valence-corrected chi connectivity index (χ1v) is 10.1. The molecule has 7 heteroatoms. The van der Waals surface area contributed by atoms with Crippen LogP contribution in [-0.2, 0) is 13.0 Å². The summed E-state index contributed by atoms with van der Waals surface area (Å²) in [6.45, 7) is 3.35. The van der Waals surface area contributed by atoms with E-state index in [0.717, 1.165) is 30.1 Å². The van der Waals surface area contributed by atoms with Crippen LogP contribution in [0.3, 0.4) is 0 Å². The molecule has 4 aromatic heterocycles. The van der Waals surface area contributed by atoms with E-state index in [4.69, 9.17) is 9.72 Å². The number of nitrogens with zero attached hydrogens (tertiary/aromatic N) is 4. The summed E-state index contributed by atoms with van der Waals surface area (Å²) in [7, 11) is 1.80. The van der Waals surface area contributed by atoms with Gasteiger partial charge in [-0.15, -0.1) is 11.3 Å². The van der Waals surface area contributed by atoms with Gasteiger partial charge in [0.2, 0.25) is 0 Å². The van der Waals surface area contributed by atoms with Gasteiger partial charge in [-0.25, -0.2) is 4.98 Å². The molecule has 0 bridgehead atoms. The minimum atomic E-state index is -0.0366. The van der Waals surface area contributed by atoms with Crippen LogP contribution in [0.2, 0.25) is 0 Å². The molecule has 4 aromatic rings. The number of hydrogen-bond donors (Lipinski definition) is 0. The Balaban J connectivity index is 1.64. The second-order valence-corrected chi connectivity index (χ2v) is 7.36. The van der Waals surface area contributed by atoms with E-state index in [9.17, 15) is 4.79 Å². The largest absolute Gasteiger partial charge is 0.488 e. The minimum absolute atomic E-state index is 0.0366. The monoisotopic (exact) mass is 394 g/mol. The summed E-state index contributed by atoms with van der Waals surface area (Å²) >= 11 is 1.44. The number of carbonyl (C=O) groups excluding carboxylic acids is 1. The number of fused-ring (bicyclic) bond motifs is 1. The highest BCUT2D eigenvalue weighted by molar-refractivity contribution is 7.12. The van der Waals surface area contributed by atoms with Crippen molar-refractivity contribution in [1.29, 1.82) is 0 Å². The van der Waals surface area contributed by atoms with Gasteiger partial charge in [-0.2, -0.15) is 0 Å². The summed E-state index contributed by atoms with van der Waals surface area (Å²) in [5.41, 5.74) is 1.60. The number of ether oxygens (including phenoxy) is 1. The number of pyridine rings is 1. The summed E-state index contributed by atoms with van der Waals surface area (Å²) in [6, 6.07) is 11.6. The van der Waals surface area contributed by atoms with Crippen LogP contribution < -0.4 is 9.64 Å². The molecule has 1 amide bonds. The van der Waals surface area contributed by atoms with Crippen molar-refractivity contribution < 1.29 is 9.53 Å². The lowest BCUT2D eigenvalue weighted by Gasteiger charge is -2.17. The van der Waals surface area contributed by atoms with Crippen LogP contribution in [0.1, 0.15) is 22.3 Å². The van der Waals surface area contributed by atoms with Crippen molar-refractivity contribution in [3.8, 4) is 5.75 Å². The van der Waals surface area contributed by atoms with Crippen LogP contribution in [0, 0.1) is 0 Å². The molecule has 0 atom stereocenters. The molecule has 144 valence electrons. The third kappa shape index (κ3) is 3.41. The van der Waals surface area contributed by atoms with Crippen molar-refractivity contribution >= 4 is 28.7 Å². The quantitative estimate of drug-likeness (QED) is 0.474. The van der Waals surface area contributed by atoms with E-state index in [1.54, 1.807) is 11.9 Å². The molecule has 0 saturated heterocycles. The topological polar surface area (TPSA) is 51.8 Å². The van der Waals surface area contributed by atoms with Gasteiger partial charge in [-0.05, 0) is 42.1 Å². The number of aryl methyl sites for hydroxylation is 1. The van der Waals surface area contributed by atoms with E-state index in [1.165, 1.54) is 11.3 Å². The van der Waals surface area contributed by atoms with Crippen LogP contribution in [0.25, 0.3) is 5.65 Å². The standard InChI is InChI=1S/C21H22N4O2S/c1-3-16-20(23(2)21(26)18-9-7-15-28-18)25-12-6-8-17(19(25)22-16)27-14-13-24-10-4-5-11-24/h4-12,15H,3,13-14H2,1-2H3. The number of carbonyl (C=O) groups is 1. The molecule has 0 aliphatic carbocycles. The summed E-state index contributed by atoms with van der Waals surface area (Å²) < 4.78 is 10.0. The Morgan fingerprint density at radius 3 is 2.71 bits per heavy atom. The van der Waals surface area contributed by atoms with Gasteiger partial charge >= 0.3 is 0 Å². The predicted molar refractivity (Wildman–Crippen MR) is 112 cm³/mol. The Morgan fingerprint density at radius 2 is 2.00 bits per heavy atom. The van der Waals surface area contributed by atoms with Crippen molar-refractivity contribution in [2.75, 3.05) is 18.6 Å². The maximum atomic E-state index is 12.9. The molecule has 0 unspecified atom stereocenters. The molecule has 0 fully saturated rings. The van der Waals surface area contributed by atoms with Gasteiger partial charge in [0, 0.05) is 25.6 Å². The van der Waals surface area contributed by atoms with E-state index >= 15 is 0 Å². The smallest absolute Gasteiger partial charge is 0.269 e. The third-order valence-corrected chi connectivity index (χ3v) is 5.48. The summed E-state index contributed by atoms with van der Waals surface area (Å²) in [5.74, 6) is 1.46. The first kappa shape index (κ1) is 18.3. The molecule has 0 N–H and O–H groups in total. The first-order chi connectivity index (χ1) is 13.7. The summed E-state index contributed by atoms with van der Waals surface area (Å²) in [4.78, 5) is 20.0. The maximum absolute atomic E-state index is 12.9. The van der Waals surface area contributed by atoms with Crippen LogP contribution in [0.5, 0.6) is 5.75 Å². The Labute approximate surface area is 167 Å². The van der Waals surface area contributed by atoms with Gasteiger partial charge in [0.05, 0.1) is 17.1 Å². The van der Waals surface area contributed by atoms with Gasteiger partial charge in [0.15, 0.2) is 11.4 Å². The molecule has 6 nitrogen and oxygen atoms in total. The fourth-order valence-corrected chi connectivity index (χ4v) is 3.92. The fourth-order valence-electron chi connectivity index (χ4n) is 3.22. The Bertz CT molecular complexity index is 1070. The average Bonchev–Trinajstić information content (AvgIpc) is 3.47. The second kappa shape index (κ2) is 7.90. The van der Waals surface area contributed by atoms with Gasteiger partial charge in [0.25, 0.3) is 5.91 Å². The molecule has 28 heavy (non-hydrogen) atoms. The van der Waals surface area contributed by atoms with Gasteiger partial charge in [0.1, 0.15) is 12.4 Å². The number of thiophene rings is 1. The Kier molecular flexibility index (Phi) is 5.16. The highest BCUT2D eigenvalue weighted by Crippen LogP contribution is 2.29. The lowest BCUT2D eigenvalue weighted by atomic mass is 10.3. The van der Waals surface area contributed by atoms with Gasteiger partial charge in [-0.3, -0.25) is 14.1 Å². The lowest BCUT2D eigenvalue weighted by Crippen LogP contribution is -2.27. The molecule has 0 aromatic carbocycles. The normalized spacial score (nSPS) is 11.1. The number of imidazole rings is 1. The van der Waals surface area contributed by atoms with Crippen molar-refractivity contribution in [2.24, 2.45) is 0 Å². The molecule has 0 aliphatic rings. The fraction of sp³-hybridized carbons (Fsp3) is 0.238. The molecular formula is C21H22N4O2S. The van der Waals surface area contributed by atoms with Crippen LogP contribution in [0.4, 0.5) is 5.82 Å². The minimum Gasteiger partial charge on any atom is -0.488 e. The Morgan fingerprint density at radius 1 is 1.18 bits per heavy atom. The van der Waals surface area contributed by atoms with E-state index in [-0.39, 0.29) is 5.91 Å². The first-order valence-electron chi connectivity index (χ1n) is 9.24. The van der Waals surface area contributed by atoms with Crippen LogP contribution in [0.15, 0.2) is 60.4 Å². The van der Waals surface area contributed by atoms with E-state index < -0.39 is 0 Å². The van der Waals surface area contributed by atoms with Crippen LogP contribution >= 0.6 is 11.3 Å².